The maximum atomic E-state index is 4.64. The van der Waals surface area contributed by atoms with E-state index in [4.69, 9.17) is 0 Å². The molecule has 1 fully saturated rings. The second-order valence-corrected chi connectivity index (χ2v) is 8.16. The molecule has 2 nitrogen and oxygen atoms in total. The number of thioether (sulfide) groups is 1. The Morgan fingerprint density at radius 1 is 1.41 bits per heavy atom. The number of hydrogen-bond acceptors (Lipinski definition) is 3. The predicted molar refractivity (Wildman–Crippen MR) is 77.7 cm³/mol. The van der Waals surface area contributed by atoms with E-state index >= 15 is 0 Å². The number of aliphatic imine (C=N–C) groups is 1. The first-order valence-electron chi connectivity index (χ1n) is 6.90. The molecule has 0 radical (unpaired) electrons. The van der Waals surface area contributed by atoms with Gasteiger partial charge in [0.25, 0.3) is 0 Å². The van der Waals surface area contributed by atoms with E-state index in [1.54, 1.807) is 0 Å². The van der Waals surface area contributed by atoms with Crippen molar-refractivity contribution in [2.75, 3.05) is 6.54 Å². The molecule has 2 unspecified atom stereocenters. The standard InChI is InChI=1S/C14H26N2S/c1-10(7-11-5-6-11)16-13-15-9-12(17-13)8-14(2,3)4/h10-12H,5-9H2,1-4H3,(H,15,16). The second-order valence-electron chi connectivity index (χ2n) is 6.87. The van der Waals surface area contributed by atoms with Crippen molar-refractivity contribution >= 4 is 16.9 Å². The van der Waals surface area contributed by atoms with Crippen LogP contribution in [-0.2, 0) is 0 Å². The molecule has 1 saturated carbocycles. The van der Waals surface area contributed by atoms with E-state index in [0.29, 0.717) is 16.7 Å². The quantitative estimate of drug-likeness (QED) is 0.828. The molecule has 0 saturated heterocycles. The molecule has 1 N–H and O–H groups in total. The molecule has 1 aliphatic heterocycles. The molecule has 3 heteroatoms. The minimum atomic E-state index is 0.419. The van der Waals surface area contributed by atoms with Crippen molar-refractivity contribution < 1.29 is 0 Å². The average Bonchev–Trinajstić information content (AvgIpc) is 2.86. The summed E-state index contributed by atoms with van der Waals surface area (Å²) in [6, 6.07) is 0.599. The van der Waals surface area contributed by atoms with Gasteiger partial charge in [-0.2, -0.15) is 0 Å². The lowest BCUT2D eigenvalue weighted by atomic mass is 9.90. The van der Waals surface area contributed by atoms with Crippen molar-refractivity contribution in [2.24, 2.45) is 16.3 Å². The molecule has 0 amide bonds. The summed E-state index contributed by atoms with van der Waals surface area (Å²) in [6.45, 7) is 10.2. The summed E-state index contributed by atoms with van der Waals surface area (Å²) in [4.78, 5) is 4.64. The van der Waals surface area contributed by atoms with Crippen LogP contribution in [0.3, 0.4) is 0 Å². The molecular formula is C14H26N2S. The van der Waals surface area contributed by atoms with Gasteiger partial charge in [-0.25, -0.2) is 0 Å². The lowest BCUT2D eigenvalue weighted by Crippen LogP contribution is -2.30. The molecule has 1 aliphatic carbocycles. The van der Waals surface area contributed by atoms with E-state index in [1.165, 1.54) is 30.9 Å². The Balaban J connectivity index is 1.69. The Morgan fingerprint density at radius 3 is 2.71 bits per heavy atom. The third-order valence-electron chi connectivity index (χ3n) is 3.31. The fourth-order valence-electron chi connectivity index (χ4n) is 2.41. The summed E-state index contributed by atoms with van der Waals surface area (Å²) < 4.78 is 0. The zero-order valence-electron chi connectivity index (χ0n) is 11.6. The van der Waals surface area contributed by atoms with Crippen molar-refractivity contribution in [3.05, 3.63) is 0 Å². The monoisotopic (exact) mass is 254 g/mol. The van der Waals surface area contributed by atoms with Gasteiger partial charge in [0.05, 0.1) is 6.54 Å². The van der Waals surface area contributed by atoms with Crippen LogP contribution in [0.15, 0.2) is 4.99 Å². The molecule has 0 aromatic heterocycles. The van der Waals surface area contributed by atoms with E-state index < -0.39 is 0 Å². The molecule has 0 spiro atoms. The highest BCUT2D eigenvalue weighted by molar-refractivity contribution is 8.14. The largest absolute Gasteiger partial charge is 0.362 e. The zero-order valence-corrected chi connectivity index (χ0v) is 12.4. The highest BCUT2D eigenvalue weighted by Gasteiger charge is 2.27. The fourth-order valence-corrected chi connectivity index (χ4v) is 3.88. The summed E-state index contributed by atoms with van der Waals surface area (Å²) in [5, 5.41) is 5.45. The summed E-state index contributed by atoms with van der Waals surface area (Å²) in [6.07, 6.45) is 5.46. The van der Waals surface area contributed by atoms with Crippen LogP contribution in [0.25, 0.3) is 0 Å². The van der Waals surface area contributed by atoms with Crippen LogP contribution in [0.4, 0.5) is 0 Å². The fraction of sp³-hybridized carbons (Fsp3) is 0.929. The van der Waals surface area contributed by atoms with Gasteiger partial charge in [0.2, 0.25) is 0 Å². The van der Waals surface area contributed by atoms with Gasteiger partial charge in [-0.1, -0.05) is 45.4 Å². The van der Waals surface area contributed by atoms with Crippen LogP contribution >= 0.6 is 11.8 Å². The molecule has 0 aromatic carbocycles. The topological polar surface area (TPSA) is 24.4 Å². The van der Waals surface area contributed by atoms with Crippen molar-refractivity contribution in [3.8, 4) is 0 Å². The van der Waals surface area contributed by atoms with Crippen LogP contribution < -0.4 is 5.32 Å². The average molecular weight is 254 g/mol. The number of rotatable bonds is 4. The van der Waals surface area contributed by atoms with E-state index in [1.807, 2.05) is 11.8 Å². The zero-order chi connectivity index (χ0) is 12.5. The Kier molecular flexibility index (Phi) is 4.06. The molecule has 17 heavy (non-hydrogen) atoms. The summed E-state index contributed by atoms with van der Waals surface area (Å²) >= 11 is 1.95. The van der Waals surface area contributed by atoms with Crippen LogP contribution in [0, 0.1) is 11.3 Å². The maximum Gasteiger partial charge on any atom is 0.157 e. The van der Waals surface area contributed by atoms with E-state index in [-0.39, 0.29) is 0 Å². The van der Waals surface area contributed by atoms with Crippen LogP contribution in [0.5, 0.6) is 0 Å². The molecule has 98 valence electrons. The lowest BCUT2D eigenvalue weighted by molar-refractivity contribution is 0.375. The Morgan fingerprint density at radius 2 is 2.12 bits per heavy atom. The first kappa shape index (κ1) is 13.3. The van der Waals surface area contributed by atoms with Gasteiger partial charge in [0.15, 0.2) is 5.17 Å². The Hall–Kier alpha value is -0.180. The van der Waals surface area contributed by atoms with E-state index in [2.05, 4.69) is 38.0 Å². The van der Waals surface area contributed by atoms with Gasteiger partial charge in [-0.15, -0.1) is 0 Å². The molecule has 1 heterocycles. The lowest BCUT2D eigenvalue weighted by Gasteiger charge is -2.22. The maximum absolute atomic E-state index is 4.64. The highest BCUT2D eigenvalue weighted by Crippen LogP contribution is 2.34. The normalized spacial score (nSPS) is 26.8. The van der Waals surface area contributed by atoms with E-state index in [0.717, 1.165) is 12.5 Å². The molecule has 2 rings (SSSR count). The van der Waals surface area contributed by atoms with Crippen LogP contribution in [0.1, 0.15) is 53.4 Å². The van der Waals surface area contributed by atoms with Crippen LogP contribution in [0.2, 0.25) is 0 Å². The molecule has 0 aromatic rings. The SMILES string of the molecule is CC(CC1CC1)NC1=NCC(CC(C)(C)C)S1. The summed E-state index contributed by atoms with van der Waals surface area (Å²) in [5.74, 6) is 0.995. The first-order valence-corrected chi connectivity index (χ1v) is 7.78. The Labute approximate surface area is 110 Å². The van der Waals surface area contributed by atoms with Gasteiger partial charge in [-0.05, 0) is 31.1 Å². The number of nitrogens with one attached hydrogen (secondary N) is 1. The van der Waals surface area contributed by atoms with E-state index in [9.17, 15) is 0 Å². The predicted octanol–water partition coefficient (Wildman–Crippen LogP) is 3.67. The number of hydrogen-bond donors (Lipinski definition) is 1. The highest BCUT2D eigenvalue weighted by atomic mass is 32.2. The summed E-state index contributed by atoms with van der Waals surface area (Å²) in [5.41, 5.74) is 0.419. The van der Waals surface area contributed by atoms with Crippen molar-refractivity contribution in [1.29, 1.82) is 0 Å². The molecule has 2 atom stereocenters. The van der Waals surface area contributed by atoms with Gasteiger partial charge in [0, 0.05) is 11.3 Å². The molecule has 2 aliphatic rings. The second kappa shape index (κ2) is 5.21. The third-order valence-corrected chi connectivity index (χ3v) is 4.43. The van der Waals surface area contributed by atoms with Gasteiger partial charge < -0.3 is 5.32 Å². The minimum absolute atomic E-state index is 0.419. The number of nitrogens with zero attached hydrogens (tertiary/aromatic N) is 1. The van der Waals surface area contributed by atoms with Gasteiger partial charge >= 0.3 is 0 Å². The van der Waals surface area contributed by atoms with Gasteiger partial charge in [-0.3, -0.25) is 4.99 Å². The molecule has 0 bridgehead atoms. The first-order chi connectivity index (χ1) is 7.92. The molecular weight excluding hydrogens is 228 g/mol. The smallest absolute Gasteiger partial charge is 0.157 e. The van der Waals surface area contributed by atoms with Crippen molar-refractivity contribution in [3.63, 3.8) is 0 Å². The number of amidine groups is 1. The van der Waals surface area contributed by atoms with Crippen LogP contribution in [-0.4, -0.2) is 23.0 Å². The minimum Gasteiger partial charge on any atom is -0.362 e. The third kappa shape index (κ3) is 4.90. The van der Waals surface area contributed by atoms with Crippen molar-refractivity contribution in [1.82, 2.24) is 5.32 Å². The Bertz CT molecular complexity index is 289. The summed E-state index contributed by atoms with van der Waals surface area (Å²) in [7, 11) is 0. The van der Waals surface area contributed by atoms with Crippen molar-refractivity contribution in [2.45, 2.75) is 64.7 Å². The van der Waals surface area contributed by atoms with Gasteiger partial charge in [0.1, 0.15) is 0 Å².